The molecule has 1 saturated heterocycles. The Morgan fingerprint density at radius 1 is 1.06 bits per heavy atom. The smallest absolute Gasteiger partial charge is 0.213 e. The third kappa shape index (κ3) is 7.72. The summed E-state index contributed by atoms with van der Waals surface area (Å²) in [5, 5.41) is 7.02. The van der Waals surface area contributed by atoms with Gasteiger partial charge in [0.2, 0.25) is 5.88 Å². The predicted molar refractivity (Wildman–Crippen MR) is 145 cm³/mol. The van der Waals surface area contributed by atoms with Crippen molar-refractivity contribution in [3.8, 4) is 5.88 Å². The number of guanidine groups is 1. The number of aromatic nitrogens is 2. The molecule has 0 atom stereocenters. The highest BCUT2D eigenvalue weighted by Crippen LogP contribution is 2.26. The molecule has 4 rings (SSSR count). The van der Waals surface area contributed by atoms with Gasteiger partial charge in [0.25, 0.3) is 0 Å². The summed E-state index contributed by atoms with van der Waals surface area (Å²) < 4.78 is 6.15. The number of nitrogens with zero attached hydrogens (tertiary/aromatic N) is 4. The summed E-state index contributed by atoms with van der Waals surface area (Å²) in [6.07, 6.45) is 10.9. The second kappa shape index (κ2) is 13.0. The van der Waals surface area contributed by atoms with Gasteiger partial charge in [0.05, 0.1) is 0 Å². The molecule has 33 heavy (non-hydrogen) atoms. The third-order valence-electron chi connectivity index (χ3n) is 6.54. The Hall–Kier alpha value is -2.10. The van der Waals surface area contributed by atoms with Gasteiger partial charge in [-0.2, -0.15) is 0 Å². The molecule has 2 N–H and O–H groups in total. The Labute approximate surface area is 214 Å². The number of ether oxygens (including phenoxy) is 1. The molecule has 2 aromatic rings. The van der Waals surface area contributed by atoms with Crippen molar-refractivity contribution in [2.24, 2.45) is 10.9 Å². The largest absolute Gasteiger partial charge is 0.474 e. The molecule has 0 spiro atoms. The summed E-state index contributed by atoms with van der Waals surface area (Å²) in [6, 6.07) is 10.6. The highest BCUT2D eigenvalue weighted by atomic mass is 127. The average Bonchev–Trinajstić information content (AvgIpc) is 2.84. The Bertz CT molecular complexity index is 864. The van der Waals surface area contributed by atoms with Crippen LogP contribution in [0.3, 0.4) is 0 Å². The van der Waals surface area contributed by atoms with E-state index >= 15 is 0 Å². The number of pyridine rings is 2. The van der Waals surface area contributed by atoms with Gasteiger partial charge in [-0.3, -0.25) is 4.99 Å². The van der Waals surface area contributed by atoms with Crippen LogP contribution in [0.4, 0.5) is 5.82 Å². The minimum atomic E-state index is 0. The van der Waals surface area contributed by atoms with Gasteiger partial charge in [-0.1, -0.05) is 13.0 Å². The standard InChI is InChI=1S/C25H36N6O.HI/c1-19-6-8-22(9-7-19)32-24-17-20(10-14-28-24)18-29-25(26-2)30-21-11-15-31(16-12-21)23-5-3-4-13-27-23;/h3-5,10,13-14,17,19,21-22H,6-9,11-12,15-16,18H2,1-2H3,(H2,26,29,30);1H. The van der Waals surface area contributed by atoms with Gasteiger partial charge in [0.1, 0.15) is 11.9 Å². The lowest BCUT2D eigenvalue weighted by Crippen LogP contribution is -2.48. The summed E-state index contributed by atoms with van der Waals surface area (Å²) in [4.78, 5) is 15.7. The fourth-order valence-electron chi connectivity index (χ4n) is 4.51. The molecule has 8 heteroatoms. The number of rotatable bonds is 6. The fraction of sp³-hybridized carbons (Fsp3) is 0.560. The number of hydrogen-bond donors (Lipinski definition) is 2. The molecule has 2 aliphatic rings. The molecule has 2 fully saturated rings. The Balaban J connectivity index is 0.00000306. The molecule has 0 radical (unpaired) electrons. The van der Waals surface area contributed by atoms with Crippen molar-refractivity contribution >= 4 is 35.8 Å². The Morgan fingerprint density at radius 3 is 2.55 bits per heavy atom. The van der Waals surface area contributed by atoms with Crippen LogP contribution in [-0.4, -0.2) is 48.2 Å². The first-order valence-corrected chi connectivity index (χ1v) is 11.9. The van der Waals surface area contributed by atoms with Crippen molar-refractivity contribution in [3.05, 3.63) is 48.3 Å². The zero-order chi connectivity index (χ0) is 22.2. The van der Waals surface area contributed by atoms with Gasteiger partial charge in [-0.05, 0) is 68.2 Å². The molecule has 0 unspecified atom stereocenters. The Morgan fingerprint density at radius 2 is 1.85 bits per heavy atom. The van der Waals surface area contributed by atoms with Crippen LogP contribution < -0.4 is 20.3 Å². The fourth-order valence-corrected chi connectivity index (χ4v) is 4.51. The first-order chi connectivity index (χ1) is 15.7. The minimum absolute atomic E-state index is 0. The van der Waals surface area contributed by atoms with Gasteiger partial charge in [0.15, 0.2) is 5.96 Å². The van der Waals surface area contributed by atoms with E-state index < -0.39 is 0 Å². The molecular weight excluding hydrogens is 527 g/mol. The second-order valence-corrected chi connectivity index (χ2v) is 9.02. The van der Waals surface area contributed by atoms with Crippen molar-refractivity contribution in [2.75, 3.05) is 25.0 Å². The third-order valence-corrected chi connectivity index (χ3v) is 6.54. The van der Waals surface area contributed by atoms with Crippen LogP contribution in [-0.2, 0) is 6.54 Å². The quantitative estimate of drug-likeness (QED) is 0.308. The maximum Gasteiger partial charge on any atom is 0.213 e. The molecule has 1 saturated carbocycles. The van der Waals surface area contributed by atoms with Gasteiger partial charge < -0.3 is 20.3 Å². The maximum absolute atomic E-state index is 6.15. The molecule has 0 bridgehead atoms. The van der Waals surface area contributed by atoms with Crippen LogP contribution in [0, 0.1) is 5.92 Å². The number of piperidine rings is 1. The van der Waals surface area contributed by atoms with E-state index in [0.717, 1.165) is 67.9 Å². The lowest BCUT2D eigenvalue weighted by molar-refractivity contribution is 0.130. The monoisotopic (exact) mass is 564 g/mol. The first-order valence-electron chi connectivity index (χ1n) is 11.9. The van der Waals surface area contributed by atoms with E-state index in [1.165, 1.54) is 12.8 Å². The first kappa shape index (κ1) is 25.5. The van der Waals surface area contributed by atoms with Crippen molar-refractivity contribution in [3.63, 3.8) is 0 Å². The highest BCUT2D eigenvalue weighted by molar-refractivity contribution is 14.0. The SMILES string of the molecule is CN=C(NCc1ccnc(OC2CCC(C)CC2)c1)NC1CCN(c2ccccn2)CC1.I. The molecule has 3 heterocycles. The summed E-state index contributed by atoms with van der Waals surface area (Å²) in [5.74, 6) is 3.45. The van der Waals surface area contributed by atoms with Gasteiger partial charge in [-0.25, -0.2) is 9.97 Å². The molecule has 7 nitrogen and oxygen atoms in total. The molecule has 1 aliphatic carbocycles. The van der Waals surface area contributed by atoms with E-state index in [-0.39, 0.29) is 24.0 Å². The lowest BCUT2D eigenvalue weighted by Gasteiger charge is -2.33. The van der Waals surface area contributed by atoms with Crippen molar-refractivity contribution < 1.29 is 4.74 Å². The number of anilines is 1. The molecule has 0 amide bonds. The second-order valence-electron chi connectivity index (χ2n) is 9.02. The van der Waals surface area contributed by atoms with Crippen LogP contribution in [0.1, 0.15) is 51.0 Å². The minimum Gasteiger partial charge on any atom is -0.474 e. The molecule has 2 aromatic heterocycles. The molecule has 0 aromatic carbocycles. The van der Waals surface area contributed by atoms with Crippen LogP contribution in [0.2, 0.25) is 0 Å². The zero-order valence-electron chi connectivity index (χ0n) is 19.7. The lowest BCUT2D eigenvalue weighted by atomic mass is 9.89. The van der Waals surface area contributed by atoms with E-state index in [2.05, 4.69) is 43.5 Å². The van der Waals surface area contributed by atoms with Crippen molar-refractivity contribution in [2.45, 2.75) is 64.1 Å². The number of hydrogen-bond acceptors (Lipinski definition) is 5. The van der Waals surface area contributed by atoms with Gasteiger partial charge >= 0.3 is 0 Å². The van der Waals surface area contributed by atoms with Crippen LogP contribution in [0.5, 0.6) is 5.88 Å². The van der Waals surface area contributed by atoms with Crippen LogP contribution in [0.25, 0.3) is 0 Å². The Kier molecular flexibility index (Phi) is 10.0. The average molecular weight is 565 g/mol. The molecule has 1 aliphatic heterocycles. The summed E-state index contributed by atoms with van der Waals surface area (Å²) in [7, 11) is 1.82. The normalized spacial score (nSPS) is 21.8. The molecule has 180 valence electrons. The number of halogens is 1. The van der Waals surface area contributed by atoms with Crippen LogP contribution in [0.15, 0.2) is 47.7 Å². The summed E-state index contributed by atoms with van der Waals surface area (Å²) >= 11 is 0. The predicted octanol–water partition coefficient (Wildman–Crippen LogP) is 4.39. The number of nitrogens with one attached hydrogen (secondary N) is 2. The summed E-state index contributed by atoms with van der Waals surface area (Å²) in [6.45, 7) is 5.01. The van der Waals surface area contributed by atoms with Gasteiger partial charge in [0, 0.05) is 51.2 Å². The maximum atomic E-state index is 6.15. The van der Waals surface area contributed by atoms with E-state index in [1.807, 2.05) is 43.7 Å². The van der Waals surface area contributed by atoms with Crippen molar-refractivity contribution in [1.82, 2.24) is 20.6 Å². The van der Waals surface area contributed by atoms with E-state index in [1.54, 1.807) is 0 Å². The van der Waals surface area contributed by atoms with Crippen LogP contribution >= 0.6 is 24.0 Å². The van der Waals surface area contributed by atoms with Crippen molar-refractivity contribution in [1.29, 1.82) is 0 Å². The zero-order valence-corrected chi connectivity index (χ0v) is 22.1. The molecular formula is C25H37IN6O. The topological polar surface area (TPSA) is 74.7 Å². The number of aliphatic imine (C=N–C) groups is 1. The van der Waals surface area contributed by atoms with E-state index in [4.69, 9.17) is 4.74 Å². The van der Waals surface area contributed by atoms with Gasteiger partial charge in [-0.15, -0.1) is 24.0 Å². The highest BCUT2D eigenvalue weighted by Gasteiger charge is 2.21. The summed E-state index contributed by atoms with van der Waals surface area (Å²) in [5.41, 5.74) is 1.15. The van der Waals surface area contributed by atoms with E-state index in [0.29, 0.717) is 18.7 Å². The van der Waals surface area contributed by atoms with E-state index in [9.17, 15) is 0 Å².